The third kappa shape index (κ3) is 4.27. The monoisotopic (exact) mass is 387 g/mol. The first kappa shape index (κ1) is 18.3. The smallest absolute Gasteiger partial charge is 0.412 e. The zero-order valence-corrected chi connectivity index (χ0v) is 15.3. The van der Waals surface area contributed by atoms with Crippen molar-refractivity contribution < 1.29 is 23.8 Å². The second-order valence-electron chi connectivity index (χ2n) is 6.42. The summed E-state index contributed by atoms with van der Waals surface area (Å²) < 4.78 is 10.9. The maximum atomic E-state index is 12.0. The van der Waals surface area contributed by atoms with Crippen LogP contribution in [0.3, 0.4) is 0 Å². The number of furan rings is 1. The van der Waals surface area contributed by atoms with E-state index in [4.69, 9.17) is 14.3 Å². The molecule has 0 bridgehead atoms. The maximum Gasteiger partial charge on any atom is 0.412 e. The van der Waals surface area contributed by atoms with Crippen LogP contribution in [-0.4, -0.2) is 17.2 Å². The molecule has 6 heteroatoms. The number of nitrogens with one attached hydrogen (secondary N) is 1. The molecule has 0 atom stereocenters. The van der Waals surface area contributed by atoms with Gasteiger partial charge in [-0.2, -0.15) is 0 Å². The van der Waals surface area contributed by atoms with Gasteiger partial charge in [-0.3, -0.25) is 5.32 Å². The van der Waals surface area contributed by atoms with Gasteiger partial charge in [0, 0.05) is 11.1 Å². The average molecular weight is 387 g/mol. The molecule has 144 valence electrons. The molecule has 0 radical (unpaired) electrons. The Morgan fingerprint density at radius 2 is 1.72 bits per heavy atom. The Balaban J connectivity index is 1.42. The van der Waals surface area contributed by atoms with E-state index in [9.17, 15) is 9.59 Å². The minimum atomic E-state index is -1.07. The molecule has 3 aromatic carbocycles. The summed E-state index contributed by atoms with van der Waals surface area (Å²) in [5.74, 6) is -0.557. The van der Waals surface area contributed by atoms with E-state index in [1.165, 1.54) is 12.1 Å². The minimum Gasteiger partial charge on any atom is -0.478 e. The molecule has 1 amide bonds. The Labute approximate surface area is 166 Å². The largest absolute Gasteiger partial charge is 0.478 e. The third-order valence-electron chi connectivity index (χ3n) is 4.38. The van der Waals surface area contributed by atoms with E-state index in [2.05, 4.69) is 5.32 Å². The van der Waals surface area contributed by atoms with Gasteiger partial charge in [0.25, 0.3) is 0 Å². The van der Waals surface area contributed by atoms with Crippen LogP contribution in [0.25, 0.3) is 22.1 Å². The van der Waals surface area contributed by atoms with Crippen LogP contribution in [0.1, 0.15) is 16.1 Å². The number of amides is 1. The molecule has 1 aromatic heterocycles. The first-order valence-corrected chi connectivity index (χ1v) is 8.93. The van der Waals surface area contributed by atoms with Gasteiger partial charge in [0.1, 0.15) is 11.3 Å². The molecule has 4 aromatic rings. The van der Waals surface area contributed by atoms with Gasteiger partial charge in [-0.05, 0) is 47.5 Å². The predicted octanol–water partition coefficient (Wildman–Crippen LogP) is 5.55. The normalized spacial score (nSPS) is 10.6. The lowest BCUT2D eigenvalue weighted by Gasteiger charge is -2.06. The zero-order chi connectivity index (χ0) is 20.2. The van der Waals surface area contributed by atoms with Crippen LogP contribution < -0.4 is 5.32 Å². The van der Waals surface area contributed by atoms with E-state index in [-0.39, 0.29) is 12.2 Å². The Morgan fingerprint density at radius 3 is 2.52 bits per heavy atom. The van der Waals surface area contributed by atoms with Gasteiger partial charge in [0.2, 0.25) is 0 Å². The van der Waals surface area contributed by atoms with Crippen molar-refractivity contribution in [2.24, 2.45) is 0 Å². The highest BCUT2D eigenvalue weighted by Crippen LogP contribution is 2.27. The number of hydrogen-bond acceptors (Lipinski definition) is 4. The number of anilines is 1. The third-order valence-corrected chi connectivity index (χ3v) is 4.38. The number of benzene rings is 3. The predicted molar refractivity (Wildman–Crippen MR) is 109 cm³/mol. The molecule has 0 aliphatic rings. The summed E-state index contributed by atoms with van der Waals surface area (Å²) in [6, 6.07) is 23.7. The van der Waals surface area contributed by atoms with Crippen LogP contribution in [0.15, 0.2) is 83.3 Å². The van der Waals surface area contributed by atoms with Crippen molar-refractivity contribution in [3.8, 4) is 11.1 Å². The molecule has 0 saturated carbocycles. The van der Waals surface area contributed by atoms with Crippen molar-refractivity contribution >= 4 is 28.7 Å². The number of carbonyl (C=O) groups excluding carboxylic acids is 1. The van der Waals surface area contributed by atoms with Crippen molar-refractivity contribution in [1.82, 2.24) is 0 Å². The summed E-state index contributed by atoms with van der Waals surface area (Å²) >= 11 is 0. The molecule has 0 aliphatic heterocycles. The van der Waals surface area contributed by atoms with Crippen molar-refractivity contribution in [2.45, 2.75) is 6.61 Å². The number of aromatic carboxylic acids is 1. The van der Waals surface area contributed by atoms with Gasteiger partial charge in [-0.25, -0.2) is 9.59 Å². The fourth-order valence-corrected chi connectivity index (χ4v) is 3.00. The summed E-state index contributed by atoms with van der Waals surface area (Å²) in [6.45, 7) is -0.0419. The Bertz CT molecular complexity index is 1180. The van der Waals surface area contributed by atoms with Crippen LogP contribution in [0.4, 0.5) is 10.5 Å². The second-order valence-corrected chi connectivity index (χ2v) is 6.42. The molecule has 1 heterocycles. The number of carboxylic acid groups (broad SMARTS) is 1. The molecule has 0 unspecified atom stereocenters. The topological polar surface area (TPSA) is 88.8 Å². The maximum absolute atomic E-state index is 12.0. The van der Waals surface area contributed by atoms with E-state index in [1.807, 2.05) is 54.6 Å². The van der Waals surface area contributed by atoms with Crippen LogP contribution in [0.5, 0.6) is 0 Å². The van der Waals surface area contributed by atoms with E-state index < -0.39 is 12.1 Å². The number of hydrogen-bond donors (Lipinski definition) is 2. The lowest BCUT2D eigenvalue weighted by molar-refractivity contribution is 0.0696. The minimum absolute atomic E-state index is 0.0419. The van der Waals surface area contributed by atoms with Crippen LogP contribution >= 0.6 is 0 Å². The molecule has 29 heavy (non-hydrogen) atoms. The van der Waals surface area contributed by atoms with Gasteiger partial charge in [0.05, 0.1) is 5.56 Å². The fraction of sp³-hybridized carbons (Fsp3) is 0.0435. The lowest BCUT2D eigenvalue weighted by Crippen LogP contribution is -2.13. The second kappa shape index (κ2) is 7.90. The van der Waals surface area contributed by atoms with E-state index in [0.29, 0.717) is 17.0 Å². The van der Waals surface area contributed by atoms with Crippen molar-refractivity contribution in [3.05, 3.63) is 90.2 Å². The highest BCUT2D eigenvalue weighted by molar-refractivity contribution is 5.91. The summed E-state index contributed by atoms with van der Waals surface area (Å²) in [5.41, 5.74) is 3.30. The number of carbonyl (C=O) groups is 2. The van der Waals surface area contributed by atoms with Crippen LogP contribution in [-0.2, 0) is 11.3 Å². The summed E-state index contributed by atoms with van der Waals surface area (Å²) in [4.78, 5) is 23.0. The van der Waals surface area contributed by atoms with Crippen molar-refractivity contribution in [1.29, 1.82) is 0 Å². The summed E-state index contributed by atoms with van der Waals surface area (Å²) in [5, 5.41) is 12.4. The average Bonchev–Trinajstić information content (AvgIpc) is 3.15. The Morgan fingerprint density at radius 1 is 0.897 bits per heavy atom. The number of ether oxygens (including phenoxy) is 1. The quantitative estimate of drug-likeness (QED) is 0.469. The van der Waals surface area contributed by atoms with E-state index in [0.717, 1.165) is 16.5 Å². The number of fused-ring (bicyclic) bond motifs is 1. The zero-order valence-electron chi connectivity index (χ0n) is 15.3. The fourth-order valence-electron chi connectivity index (χ4n) is 3.00. The lowest BCUT2D eigenvalue weighted by atomic mass is 10.0. The van der Waals surface area contributed by atoms with Gasteiger partial charge < -0.3 is 14.3 Å². The van der Waals surface area contributed by atoms with Crippen molar-refractivity contribution in [3.63, 3.8) is 0 Å². The molecule has 0 spiro atoms. The molecule has 4 rings (SSSR count). The first-order chi connectivity index (χ1) is 14.1. The molecular weight excluding hydrogens is 370 g/mol. The molecule has 6 nitrogen and oxygen atoms in total. The van der Waals surface area contributed by atoms with E-state index >= 15 is 0 Å². The summed E-state index contributed by atoms with van der Waals surface area (Å²) in [6.07, 6.45) is -0.696. The van der Waals surface area contributed by atoms with Gasteiger partial charge >= 0.3 is 12.1 Å². The Kier molecular flexibility index (Phi) is 4.99. The SMILES string of the molecule is O=C(Nc1cccc(C(=O)O)c1)OCc1cc2cc(-c3ccccc3)ccc2o1. The molecule has 0 fully saturated rings. The van der Waals surface area contributed by atoms with Gasteiger partial charge in [0.15, 0.2) is 6.61 Å². The van der Waals surface area contributed by atoms with Crippen molar-refractivity contribution in [2.75, 3.05) is 5.32 Å². The summed E-state index contributed by atoms with van der Waals surface area (Å²) in [7, 11) is 0. The Hall–Kier alpha value is -4.06. The molecular formula is C23H17NO5. The van der Waals surface area contributed by atoms with E-state index in [1.54, 1.807) is 12.1 Å². The highest BCUT2D eigenvalue weighted by atomic mass is 16.6. The molecule has 0 aliphatic carbocycles. The number of carboxylic acids is 1. The number of rotatable bonds is 5. The first-order valence-electron chi connectivity index (χ1n) is 8.93. The van der Waals surface area contributed by atoms with Gasteiger partial charge in [-0.1, -0.05) is 42.5 Å². The molecule has 2 N–H and O–H groups in total. The highest BCUT2D eigenvalue weighted by Gasteiger charge is 2.10. The molecule has 0 saturated heterocycles. The van der Waals surface area contributed by atoms with Crippen LogP contribution in [0.2, 0.25) is 0 Å². The standard InChI is InChI=1S/C23H17NO5/c25-22(26)17-7-4-8-19(12-17)24-23(27)28-14-20-13-18-11-16(9-10-21(18)29-20)15-5-2-1-3-6-15/h1-13H,14H2,(H,24,27)(H,25,26). The van der Waals surface area contributed by atoms with Gasteiger partial charge in [-0.15, -0.1) is 0 Å². The van der Waals surface area contributed by atoms with Crippen LogP contribution in [0, 0.1) is 0 Å².